The van der Waals surface area contributed by atoms with Crippen LogP contribution in [0, 0.1) is 13.8 Å². The van der Waals surface area contributed by atoms with Gasteiger partial charge in [-0.1, -0.05) is 72.6 Å². The molecule has 0 aliphatic carbocycles. The predicted octanol–water partition coefficient (Wildman–Crippen LogP) is 5.48. The van der Waals surface area contributed by atoms with Crippen molar-refractivity contribution in [3.05, 3.63) is 94.5 Å². The number of rotatable bonds is 11. The topological polar surface area (TPSA) is 86.8 Å². The molecule has 0 aliphatic heterocycles. The lowest BCUT2D eigenvalue weighted by Gasteiger charge is -2.34. The van der Waals surface area contributed by atoms with Gasteiger partial charge in [0.2, 0.25) is 11.8 Å². The number of hydrogen-bond donors (Lipinski definition) is 1. The number of sulfonamides is 1. The van der Waals surface area contributed by atoms with Crippen LogP contribution in [0.4, 0.5) is 5.69 Å². The first kappa shape index (κ1) is 30.2. The number of amides is 2. The van der Waals surface area contributed by atoms with Gasteiger partial charge in [0.25, 0.3) is 10.0 Å². The summed E-state index contributed by atoms with van der Waals surface area (Å²) in [6.45, 7) is 8.87. The summed E-state index contributed by atoms with van der Waals surface area (Å²) in [4.78, 5) is 28.8. The van der Waals surface area contributed by atoms with Gasteiger partial charge < -0.3 is 10.2 Å². The van der Waals surface area contributed by atoms with Gasteiger partial charge >= 0.3 is 0 Å². The van der Waals surface area contributed by atoms with Gasteiger partial charge in [0.1, 0.15) is 12.6 Å². The summed E-state index contributed by atoms with van der Waals surface area (Å²) < 4.78 is 28.9. The van der Waals surface area contributed by atoms with Gasteiger partial charge in [-0.3, -0.25) is 13.9 Å². The van der Waals surface area contributed by atoms with Crippen LogP contribution in [0.15, 0.2) is 77.7 Å². The molecule has 1 N–H and O–H groups in total. The lowest BCUT2D eigenvalue weighted by molar-refractivity contribution is -0.140. The van der Waals surface area contributed by atoms with E-state index in [1.165, 1.54) is 17.0 Å². The Kier molecular flexibility index (Phi) is 10.2. The summed E-state index contributed by atoms with van der Waals surface area (Å²) in [6.07, 6.45) is 0.359. The zero-order valence-corrected chi connectivity index (χ0v) is 24.6. The van der Waals surface area contributed by atoms with Crippen LogP contribution in [-0.4, -0.2) is 43.8 Å². The quantitative estimate of drug-likeness (QED) is 0.331. The first-order valence-electron chi connectivity index (χ1n) is 12.9. The predicted molar refractivity (Wildman–Crippen MR) is 156 cm³/mol. The third-order valence-corrected chi connectivity index (χ3v) is 8.59. The van der Waals surface area contributed by atoms with E-state index in [0.717, 1.165) is 15.4 Å². The van der Waals surface area contributed by atoms with Crippen molar-refractivity contribution in [2.75, 3.05) is 10.8 Å². The van der Waals surface area contributed by atoms with Crippen LogP contribution in [0.5, 0.6) is 0 Å². The Balaban J connectivity index is 2.09. The molecule has 0 fully saturated rings. The fourth-order valence-corrected chi connectivity index (χ4v) is 5.95. The molecule has 1 atom stereocenters. The number of aryl methyl sites for hydroxylation is 1. The summed E-state index contributed by atoms with van der Waals surface area (Å²) >= 11 is 6.37. The molecule has 3 aromatic carbocycles. The molecule has 0 aromatic heterocycles. The van der Waals surface area contributed by atoms with Crippen LogP contribution < -0.4 is 9.62 Å². The first-order chi connectivity index (χ1) is 18.4. The van der Waals surface area contributed by atoms with Crippen LogP contribution in [0.2, 0.25) is 5.02 Å². The molecule has 0 heterocycles. The first-order valence-corrected chi connectivity index (χ1v) is 14.8. The summed E-state index contributed by atoms with van der Waals surface area (Å²) in [5.41, 5.74) is 2.73. The van der Waals surface area contributed by atoms with Gasteiger partial charge in [-0.25, -0.2) is 8.42 Å². The summed E-state index contributed by atoms with van der Waals surface area (Å²) in [7, 11) is -4.15. The molecule has 208 valence electrons. The van der Waals surface area contributed by atoms with E-state index < -0.39 is 28.5 Å². The number of carbonyl (C=O) groups excluding carboxylic acids is 2. The second-order valence-corrected chi connectivity index (χ2v) is 12.1. The van der Waals surface area contributed by atoms with E-state index in [2.05, 4.69) is 5.32 Å². The van der Waals surface area contributed by atoms with Crippen molar-refractivity contribution in [1.82, 2.24) is 10.2 Å². The van der Waals surface area contributed by atoms with Crippen molar-refractivity contribution in [3.63, 3.8) is 0 Å². The lowest BCUT2D eigenvalue weighted by atomic mass is 10.1. The molecule has 9 heteroatoms. The third kappa shape index (κ3) is 7.40. The van der Waals surface area contributed by atoms with Gasteiger partial charge in [0, 0.05) is 17.6 Å². The fraction of sp³-hybridized carbons (Fsp3) is 0.333. The van der Waals surface area contributed by atoms with Crippen molar-refractivity contribution >= 4 is 39.1 Å². The molecule has 2 amide bonds. The maximum absolute atomic E-state index is 14.1. The van der Waals surface area contributed by atoms with Crippen LogP contribution in [0.25, 0.3) is 0 Å². The monoisotopic (exact) mass is 569 g/mol. The number of carbonyl (C=O) groups is 2. The zero-order chi connectivity index (χ0) is 28.7. The molecular formula is C30H36ClN3O4S. The third-order valence-electron chi connectivity index (χ3n) is 6.41. The highest BCUT2D eigenvalue weighted by Crippen LogP contribution is 2.31. The molecule has 0 aliphatic rings. The van der Waals surface area contributed by atoms with Crippen LogP contribution in [0.3, 0.4) is 0 Å². The van der Waals surface area contributed by atoms with E-state index in [0.29, 0.717) is 22.7 Å². The van der Waals surface area contributed by atoms with Gasteiger partial charge in [-0.15, -0.1) is 0 Å². The van der Waals surface area contributed by atoms with E-state index in [1.807, 2.05) is 52.0 Å². The number of nitrogens with zero attached hydrogens (tertiary/aromatic N) is 2. The Morgan fingerprint density at radius 3 is 2.15 bits per heavy atom. The highest BCUT2D eigenvalue weighted by molar-refractivity contribution is 7.92. The Bertz CT molecular complexity index is 1390. The van der Waals surface area contributed by atoms with E-state index in [-0.39, 0.29) is 23.4 Å². The number of nitrogens with one attached hydrogen (secondary N) is 1. The van der Waals surface area contributed by atoms with Crippen LogP contribution in [-0.2, 0) is 26.2 Å². The maximum Gasteiger partial charge on any atom is 0.264 e. The normalized spacial score (nSPS) is 12.2. The standard InChI is InChI=1S/C30H36ClN3O4S/c1-6-27(30(36)32-21(2)3)33(19-24-17-15-22(4)16-18-24)29(35)20-34(28-14-10-13-26(31)23(28)5)39(37,38)25-11-8-7-9-12-25/h7-18,21,27H,6,19-20H2,1-5H3,(H,32,36)/t27-/m0/s1. The largest absolute Gasteiger partial charge is 0.352 e. The lowest BCUT2D eigenvalue weighted by Crippen LogP contribution is -2.53. The second kappa shape index (κ2) is 13.1. The molecular weight excluding hydrogens is 534 g/mol. The molecule has 0 bridgehead atoms. The molecule has 3 aromatic rings. The molecule has 3 rings (SSSR count). The Morgan fingerprint density at radius 2 is 1.56 bits per heavy atom. The molecule has 0 spiro atoms. The van der Waals surface area contributed by atoms with Gasteiger partial charge in [-0.05, 0) is 69.5 Å². The second-order valence-electron chi connectivity index (χ2n) is 9.80. The minimum Gasteiger partial charge on any atom is -0.352 e. The molecule has 0 saturated carbocycles. The number of hydrogen-bond acceptors (Lipinski definition) is 4. The Morgan fingerprint density at radius 1 is 0.923 bits per heavy atom. The van der Waals surface area contributed by atoms with Crippen molar-refractivity contribution in [3.8, 4) is 0 Å². The Labute approximate surface area is 236 Å². The van der Waals surface area contributed by atoms with Crippen molar-refractivity contribution in [1.29, 1.82) is 0 Å². The zero-order valence-electron chi connectivity index (χ0n) is 23.0. The average molecular weight is 570 g/mol. The molecule has 39 heavy (non-hydrogen) atoms. The van der Waals surface area contributed by atoms with Crippen LogP contribution in [0.1, 0.15) is 43.9 Å². The van der Waals surface area contributed by atoms with Gasteiger partial charge in [0.15, 0.2) is 0 Å². The van der Waals surface area contributed by atoms with E-state index >= 15 is 0 Å². The van der Waals surface area contributed by atoms with E-state index in [9.17, 15) is 18.0 Å². The number of benzene rings is 3. The maximum atomic E-state index is 14.1. The van der Waals surface area contributed by atoms with Crippen LogP contribution >= 0.6 is 11.6 Å². The van der Waals surface area contributed by atoms with Crippen molar-refractivity contribution in [2.45, 2.75) is 64.6 Å². The smallest absolute Gasteiger partial charge is 0.264 e. The van der Waals surface area contributed by atoms with Gasteiger partial charge in [-0.2, -0.15) is 0 Å². The highest BCUT2D eigenvalue weighted by atomic mass is 35.5. The number of anilines is 1. The molecule has 0 saturated heterocycles. The number of halogens is 1. The summed E-state index contributed by atoms with van der Waals surface area (Å²) in [5.74, 6) is -0.787. The summed E-state index contributed by atoms with van der Waals surface area (Å²) in [5, 5.41) is 3.28. The highest BCUT2D eigenvalue weighted by Gasteiger charge is 2.34. The van der Waals surface area contributed by atoms with E-state index in [4.69, 9.17) is 11.6 Å². The molecule has 7 nitrogen and oxygen atoms in total. The van der Waals surface area contributed by atoms with Crippen molar-refractivity contribution in [2.24, 2.45) is 0 Å². The molecule has 0 unspecified atom stereocenters. The molecule has 0 radical (unpaired) electrons. The van der Waals surface area contributed by atoms with Gasteiger partial charge in [0.05, 0.1) is 10.6 Å². The minimum atomic E-state index is -4.15. The summed E-state index contributed by atoms with van der Waals surface area (Å²) in [6, 6.07) is 19.7. The SMILES string of the molecule is CC[C@@H](C(=O)NC(C)C)N(Cc1ccc(C)cc1)C(=O)CN(c1cccc(Cl)c1C)S(=O)(=O)c1ccccc1. The average Bonchev–Trinajstić information content (AvgIpc) is 2.90. The van der Waals surface area contributed by atoms with E-state index in [1.54, 1.807) is 43.3 Å². The Hall–Kier alpha value is -3.36. The van der Waals surface area contributed by atoms with Crippen molar-refractivity contribution < 1.29 is 18.0 Å². The minimum absolute atomic E-state index is 0.0480. The fourth-order valence-electron chi connectivity index (χ4n) is 4.29.